The maximum absolute atomic E-state index is 5.72. The summed E-state index contributed by atoms with van der Waals surface area (Å²) in [4.78, 5) is 0. The van der Waals surface area contributed by atoms with Gasteiger partial charge in [0, 0.05) is 6.61 Å². The van der Waals surface area contributed by atoms with Crippen LogP contribution >= 0.6 is 0 Å². The maximum atomic E-state index is 5.72. The molecule has 1 nitrogen and oxygen atoms in total. The van der Waals surface area contributed by atoms with E-state index in [-0.39, 0.29) is 0 Å². The van der Waals surface area contributed by atoms with Crippen LogP contribution in [0.15, 0.2) is 0 Å². The van der Waals surface area contributed by atoms with Gasteiger partial charge >= 0.3 is 0 Å². The molecule has 0 bridgehead atoms. The third kappa shape index (κ3) is 2.48. The summed E-state index contributed by atoms with van der Waals surface area (Å²) in [5, 5.41) is 0. The van der Waals surface area contributed by atoms with Crippen LogP contribution in [-0.4, -0.2) is 12.7 Å². The van der Waals surface area contributed by atoms with E-state index in [9.17, 15) is 0 Å². The molecule has 0 aliphatic carbocycles. The van der Waals surface area contributed by atoms with Gasteiger partial charge in [0.25, 0.3) is 0 Å². The fourth-order valence-electron chi connectivity index (χ4n) is 1.93. The molecular formula is C11H22O. The molecular weight excluding hydrogens is 148 g/mol. The Hall–Kier alpha value is -0.0400. The smallest absolute Gasteiger partial charge is 0.0600 e. The van der Waals surface area contributed by atoms with Crippen molar-refractivity contribution in [1.29, 1.82) is 0 Å². The van der Waals surface area contributed by atoms with Crippen LogP contribution in [0.1, 0.15) is 40.5 Å². The van der Waals surface area contributed by atoms with Gasteiger partial charge in [-0.05, 0) is 30.6 Å². The highest BCUT2D eigenvalue weighted by molar-refractivity contribution is 4.75. The third-order valence-electron chi connectivity index (χ3n) is 3.04. The Morgan fingerprint density at radius 3 is 2.25 bits per heavy atom. The lowest BCUT2D eigenvalue weighted by atomic mass is 9.83. The second-order valence-corrected chi connectivity index (χ2v) is 4.68. The largest absolute Gasteiger partial charge is 0.378 e. The Morgan fingerprint density at radius 2 is 1.75 bits per heavy atom. The Morgan fingerprint density at radius 1 is 1.08 bits per heavy atom. The van der Waals surface area contributed by atoms with Gasteiger partial charge in [0.05, 0.1) is 6.10 Å². The van der Waals surface area contributed by atoms with Gasteiger partial charge in [0.2, 0.25) is 0 Å². The standard InChI is InChI=1S/C11H22O/c1-8(2)10-5-6-12-11(7-10)9(3)4/h8-11H,5-7H2,1-4H3. The first kappa shape index (κ1) is 10.0. The van der Waals surface area contributed by atoms with Crippen molar-refractivity contribution in [2.45, 2.75) is 46.6 Å². The Kier molecular flexibility index (Phi) is 3.57. The first-order valence-corrected chi connectivity index (χ1v) is 5.23. The number of hydrogen-bond donors (Lipinski definition) is 0. The third-order valence-corrected chi connectivity index (χ3v) is 3.04. The fourth-order valence-corrected chi connectivity index (χ4v) is 1.93. The molecule has 1 aliphatic heterocycles. The average Bonchev–Trinajstić information content (AvgIpc) is 2.04. The van der Waals surface area contributed by atoms with E-state index in [0.29, 0.717) is 12.0 Å². The van der Waals surface area contributed by atoms with Gasteiger partial charge in [-0.1, -0.05) is 27.7 Å². The molecule has 0 amide bonds. The molecule has 0 N–H and O–H groups in total. The van der Waals surface area contributed by atoms with Crippen LogP contribution in [-0.2, 0) is 4.74 Å². The number of ether oxygens (including phenoxy) is 1. The molecule has 0 saturated carbocycles. The van der Waals surface area contributed by atoms with Crippen LogP contribution in [0.2, 0.25) is 0 Å². The molecule has 0 spiro atoms. The van der Waals surface area contributed by atoms with Crippen LogP contribution in [0.25, 0.3) is 0 Å². The first-order valence-electron chi connectivity index (χ1n) is 5.23. The summed E-state index contributed by atoms with van der Waals surface area (Å²) in [7, 11) is 0. The molecule has 1 saturated heterocycles. The van der Waals surface area contributed by atoms with Crippen molar-refractivity contribution in [2.75, 3.05) is 6.61 Å². The zero-order valence-electron chi connectivity index (χ0n) is 8.84. The lowest BCUT2D eigenvalue weighted by Gasteiger charge is -2.33. The van der Waals surface area contributed by atoms with Crippen LogP contribution in [0.5, 0.6) is 0 Å². The molecule has 2 atom stereocenters. The molecule has 1 heteroatoms. The van der Waals surface area contributed by atoms with Crippen molar-refractivity contribution >= 4 is 0 Å². The number of rotatable bonds is 2. The van der Waals surface area contributed by atoms with Gasteiger partial charge < -0.3 is 4.74 Å². The second kappa shape index (κ2) is 4.27. The first-order chi connectivity index (χ1) is 5.61. The maximum Gasteiger partial charge on any atom is 0.0600 e. The van der Waals surface area contributed by atoms with Crippen LogP contribution < -0.4 is 0 Å². The van der Waals surface area contributed by atoms with E-state index in [2.05, 4.69) is 27.7 Å². The zero-order valence-corrected chi connectivity index (χ0v) is 8.84. The predicted molar refractivity (Wildman–Crippen MR) is 52.1 cm³/mol. The molecule has 12 heavy (non-hydrogen) atoms. The predicted octanol–water partition coefficient (Wildman–Crippen LogP) is 3.09. The van der Waals surface area contributed by atoms with Gasteiger partial charge in [0.1, 0.15) is 0 Å². The monoisotopic (exact) mass is 170 g/mol. The molecule has 0 aromatic heterocycles. The number of hydrogen-bond acceptors (Lipinski definition) is 1. The van der Waals surface area contributed by atoms with E-state index in [1.54, 1.807) is 0 Å². The van der Waals surface area contributed by atoms with E-state index >= 15 is 0 Å². The SMILES string of the molecule is CC(C)C1CCOC(C(C)C)C1. The molecule has 2 unspecified atom stereocenters. The summed E-state index contributed by atoms with van der Waals surface area (Å²) < 4.78 is 5.72. The second-order valence-electron chi connectivity index (χ2n) is 4.68. The zero-order chi connectivity index (χ0) is 9.14. The van der Waals surface area contributed by atoms with E-state index < -0.39 is 0 Å². The Bertz CT molecular complexity index is 115. The van der Waals surface area contributed by atoms with Gasteiger partial charge in [-0.3, -0.25) is 0 Å². The molecule has 72 valence electrons. The van der Waals surface area contributed by atoms with Gasteiger partial charge in [-0.2, -0.15) is 0 Å². The van der Waals surface area contributed by atoms with Crippen molar-refractivity contribution < 1.29 is 4.74 Å². The van der Waals surface area contributed by atoms with Crippen molar-refractivity contribution in [3.8, 4) is 0 Å². The average molecular weight is 170 g/mol. The highest BCUT2D eigenvalue weighted by atomic mass is 16.5. The van der Waals surface area contributed by atoms with E-state index in [1.165, 1.54) is 12.8 Å². The Balaban J connectivity index is 2.40. The van der Waals surface area contributed by atoms with Crippen LogP contribution in [0.4, 0.5) is 0 Å². The lowest BCUT2D eigenvalue weighted by Crippen LogP contribution is -2.31. The molecule has 0 radical (unpaired) electrons. The minimum atomic E-state index is 0.520. The molecule has 1 heterocycles. The van der Waals surface area contributed by atoms with Crippen molar-refractivity contribution in [1.82, 2.24) is 0 Å². The molecule has 1 rings (SSSR count). The molecule has 0 aromatic rings. The van der Waals surface area contributed by atoms with Gasteiger partial charge in [-0.25, -0.2) is 0 Å². The Labute approximate surface area is 76.5 Å². The summed E-state index contributed by atoms with van der Waals surface area (Å²) in [5.74, 6) is 2.41. The molecule has 0 aromatic carbocycles. The summed E-state index contributed by atoms with van der Waals surface area (Å²) in [6, 6.07) is 0. The van der Waals surface area contributed by atoms with E-state index in [1.807, 2.05) is 0 Å². The summed E-state index contributed by atoms with van der Waals surface area (Å²) in [6.45, 7) is 10.1. The fraction of sp³-hybridized carbons (Fsp3) is 1.00. The highest BCUT2D eigenvalue weighted by Gasteiger charge is 2.26. The van der Waals surface area contributed by atoms with Crippen molar-refractivity contribution in [3.63, 3.8) is 0 Å². The van der Waals surface area contributed by atoms with Crippen molar-refractivity contribution in [3.05, 3.63) is 0 Å². The highest BCUT2D eigenvalue weighted by Crippen LogP contribution is 2.29. The summed E-state index contributed by atoms with van der Waals surface area (Å²) in [5.41, 5.74) is 0. The molecule has 1 aliphatic rings. The minimum absolute atomic E-state index is 0.520. The molecule has 1 fully saturated rings. The van der Waals surface area contributed by atoms with E-state index in [0.717, 1.165) is 18.4 Å². The normalized spacial score (nSPS) is 31.5. The lowest BCUT2D eigenvalue weighted by molar-refractivity contribution is -0.0426. The van der Waals surface area contributed by atoms with E-state index in [4.69, 9.17) is 4.74 Å². The van der Waals surface area contributed by atoms with Crippen LogP contribution in [0, 0.1) is 17.8 Å². The van der Waals surface area contributed by atoms with Gasteiger partial charge in [0.15, 0.2) is 0 Å². The van der Waals surface area contributed by atoms with Crippen LogP contribution in [0.3, 0.4) is 0 Å². The topological polar surface area (TPSA) is 9.23 Å². The van der Waals surface area contributed by atoms with Crippen molar-refractivity contribution in [2.24, 2.45) is 17.8 Å². The summed E-state index contributed by atoms with van der Waals surface area (Å²) >= 11 is 0. The summed E-state index contributed by atoms with van der Waals surface area (Å²) in [6.07, 6.45) is 3.06. The quantitative estimate of drug-likeness (QED) is 0.619. The minimum Gasteiger partial charge on any atom is -0.378 e. The van der Waals surface area contributed by atoms with Gasteiger partial charge in [-0.15, -0.1) is 0 Å².